The largest absolute Gasteiger partial charge is 0.352 e. The molecule has 2 heterocycles. The van der Waals surface area contributed by atoms with Crippen molar-refractivity contribution in [3.8, 4) is 0 Å². The van der Waals surface area contributed by atoms with Gasteiger partial charge in [-0.05, 0) is 61.4 Å². The molecule has 2 aliphatic rings. The van der Waals surface area contributed by atoms with Crippen LogP contribution in [0.4, 0.5) is 0 Å². The molecule has 3 heteroatoms. The van der Waals surface area contributed by atoms with E-state index in [2.05, 4.69) is 53.1 Å². The highest BCUT2D eigenvalue weighted by Gasteiger charge is 2.32. The monoisotopic (exact) mass is 346 g/mol. The highest BCUT2D eigenvalue weighted by molar-refractivity contribution is 5.95. The lowest BCUT2D eigenvalue weighted by Gasteiger charge is -2.27. The molecule has 0 aromatic heterocycles. The van der Waals surface area contributed by atoms with Crippen LogP contribution in [0.5, 0.6) is 0 Å². The standard InChI is InChI=1S/C23H26N2O/c1-2-24-23(26)18-10-8-17(9-11-18)22(16-6-4-3-5-7-16)19-14-20-12-13-21(15-19)25-20/h3-11,20-21,25H,2,12-15H2,1H3,(H,24,26)/t20-,21+. The zero-order valence-electron chi connectivity index (χ0n) is 15.3. The average Bonchev–Trinajstić information content (AvgIpc) is 3.02. The Morgan fingerprint density at radius 2 is 1.50 bits per heavy atom. The number of carbonyl (C=O) groups is 1. The number of piperidine rings is 1. The smallest absolute Gasteiger partial charge is 0.251 e. The van der Waals surface area contributed by atoms with E-state index < -0.39 is 0 Å². The van der Waals surface area contributed by atoms with Gasteiger partial charge in [0, 0.05) is 24.2 Å². The van der Waals surface area contributed by atoms with E-state index in [0.29, 0.717) is 18.6 Å². The van der Waals surface area contributed by atoms with Gasteiger partial charge in [0.15, 0.2) is 0 Å². The van der Waals surface area contributed by atoms with Gasteiger partial charge in [0.05, 0.1) is 0 Å². The molecule has 2 aliphatic heterocycles. The number of rotatable bonds is 4. The van der Waals surface area contributed by atoms with Crippen molar-refractivity contribution >= 4 is 11.5 Å². The van der Waals surface area contributed by atoms with Gasteiger partial charge in [-0.15, -0.1) is 0 Å². The van der Waals surface area contributed by atoms with Gasteiger partial charge in [-0.1, -0.05) is 48.0 Å². The quantitative estimate of drug-likeness (QED) is 0.873. The lowest BCUT2D eigenvalue weighted by Crippen LogP contribution is -2.35. The van der Waals surface area contributed by atoms with Crippen LogP contribution in [-0.2, 0) is 0 Å². The Balaban J connectivity index is 1.73. The average molecular weight is 346 g/mol. The number of hydrogen-bond acceptors (Lipinski definition) is 2. The summed E-state index contributed by atoms with van der Waals surface area (Å²) in [6, 6.07) is 20.0. The third kappa shape index (κ3) is 3.45. The maximum atomic E-state index is 12.1. The molecule has 2 N–H and O–H groups in total. The van der Waals surface area contributed by atoms with E-state index in [-0.39, 0.29) is 5.91 Å². The van der Waals surface area contributed by atoms with Crippen LogP contribution in [0.1, 0.15) is 54.1 Å². The van der Waals surface area contributed by atoms with Gasteiger partial charge in [-0.2, -0.15) is 0 Å². The SMILES string of the molecule is CCNC(=O)c1ccc(C(=C2C[C@H]3CC[C@@H](C2)N3)c2ccccc2)cc1. The van der Waals surface area contributed by atoms with Gasteiger partial charge < -0.3 is 10.6 Å². The first-order valence-corrected chi connectivity index (χ1v) is 9.66. The van der Waals surface area contributed by atoms with Crippen LogP contribution in [0.2, 0.25) is 0 Å². The summed E-state index contributed by atoms with van der Waals surface area (Å²) >= 11 is 0. The molecule has 3 nitrogen and oxygen atoms in total. The second kappa shape index (κ2) is 7.46. The molecule has 2 aromatic carbocycles. The van der Waals surface area contributed by atoms with E-state index in [4.69, 9.17) is 0 Å². The van der Waals surface area contributed by atoms with Crippen LogP contribution in [0, 0.1) is 0 Å². The third-order valence-electron chi connectivity index (χ3n) is 5.51. The van der Waals surface area contributed by atoms with Crippen LogP contribution in [0.3, 0.4) is 0 Å². The van der Waals surface area contributed by atoms with Gasteiger partial charge >= 0.3 is 0 Å². The molecule has 2 aromatic rings. The Hall–Kier alpha value is -2.39. The molecule has 2 bridgehead atoms. The summed E-state index contributed by atoms with van der Waals surface area (Å²) < 4.78 is 0. The fourth-order valence-electron chi connectivity index (χ4n) is 4.34. The molecule has 1 amide bonds. The van der Waals surface area contributed by atoms with Crippen molar-refractivity contribution in [1.82, 2.24) is 10.6 Å². The Morgan fingerprint density at radius 3 is 2.12 bits per heavy atom. The topological polar surface area (TPSA) is 41.1 Å². The molecule has 2 atom stereocenters. The maximum Gasteiger partial charge on any atom is 0.251 e. The van der Waals surface area contributed by atoms with E-state index in [9.17, 15) is 4.79 Å². The van der Waals surface area contributed by atoms with Gasteiger partial charge in [-0.3, -0.25) is 4.79 Å². The van der Waals surface area contributed by atoms with Crippen LogP contribution in [0.25, 0.3) is 5.57 Å². The van der Waals surface area contributed by atoms with Gasteiger partial charge in [0.25, 0.3) is 5.91 Å². The highest BCUT2D eigenvalue weighted by Crippen LogP contribution is 2.38. The van der Waals surface area contributed by atoms with Gasteiger partial charge in [0.2, 0.25) is 0 Å². The summed E-state index contributed by atoms with van der Waals surface area (Å²) in [5.74, 6) is -0.00660. The number of benzene rings is 2. The number of amides is 1. The highest BCUT2D eigenvalue weighted by atomic mass is 16.1. The molecule has 0 unspecified atom stereocenters. The molecular weight excluding hydrogens is 320 g/mol. The fraction of sp³-hybridized carbons (Fsp3) is 0.348. The Bertz CT molecular complexity index is 794. The zero-order chi connectivity index (χ0) is 17.9. The molecule has 4 rings (SSSR count). The lowest BCUT2D eigenvalue weighted by atomic mass is 9.86. The summed E-state index contributed by atoms with van der Waals surface area (Å²) in [5, 5.41) is 6.60. The Labute approximate surface area is 155 Å². The summed E-state index contributed by atoms with van der Waals surface area (Å²) in [5.41, 5.74) is 6.10. The molecule has 0 aliphatic carbocycles. The van der Waals surface area contributed by atoms with Gasteiger partial charge in [0.1, 0.15) is 0 Å². The van der Waals surface area contributed by atoms with Crippen molar-refractivity contribution in [1.29, 1.82) is 0 Å². The second-order valence-electron chi connectivity index (χ2n) is 7.33. The number of nitrogens with one attached hydrogen (secondary N) is 2. The van der Waals surface area contributed by atoms with E-state index in [1.54, 1.807) is 5.57 Å². The summed E-state index contributed by atoms with van der Waals surface area (Å²) in [7, 11) is 0. The molecule has 2 fully saturated rings. The maximum absolute atomic E-state index is 12.1. The predicted molar refractivity (Wildman–Crippen MR) is 106 cm³/mol. The third-order valence-corrected chi connectivity index (χ3v) is 5.51. The van der Waals surface area contributed by atoms with Crippen LogP contribution in [0.15, 0.2) is 60.2 Å². The van der Waals surface area contributed by atoms with Crippen molar-refractivity contribution in [3.05, 3.63) is 76.9 Å². The van der Waals surface area contributed by atoms with Crippen LogP contribution >= 0.6 is 0 Å². The van der Waals surface area contributed by atoms with Crippen molar-refractivity contribution in [2.75, 3.05) is 6.54 Å². The number of fused-ring (bicyclic) bond motifs is 2. The molecule has 2 saturated heterocycles. The predicted octanol–water partition coefficient (Wildman–Crippen LogP) is 4.15. The summed E-state index contributed by atoms with van der Waals surface area (Å²) in [6.45, 7) is 2.59. The van der Waals surface area contributed by atoms with Crippen molar-refractivity contribution in [3.63, 3.8) is 0 Å². The lowest BCUT2D eigenvalue weighted by molar-refractivity contribution is 0.0956. The molecular formula is C23H26N2O. The van der Waals surface area contributed by atoms with Gasteiger partial charge in [-0.25, -0.2) is 0 Å². The zero-order valence-corrected chi connectivity index (χ0v) is 15.3. The minimum absolute atomic E-state index is 0.00660. The van der Waals surface area contributed by atoms with Crippen LogP contribution in [-0.4, -0.2) is 24.5 Å². The van der Waals surface area contributed by atoms with Crippen LogP contribution < -0.4 is 10.6 Å². The van der Waals surface area contributed by atoms with E-state index in [1.807, 2.05) is 19.1 Å². The fourth-order valence-corrected chi connectivity index (χ4v) is 4.34. The molecule has 26 heavy (non-hydrogen) atoms. The van der Waals surface area contributed by atoms with Crippen molar-refractivity contribution in [2.45, 2.75) is 44.7 Å². The first kappa shape index (κ1) is 17.0. The number of hydrogen-bond donors (Lipinski definition) is 2. The molecule has 0 radical (unpaired) electrons. The van der Waals surface area contributed by atoms with E-state index in [0.717, 1.165) is 18.4 Å². The first-order chi connectivity index (χ1) is 12.7. The first-order valence-electron chi connectivity index (χ1n) is 9.66. The number of carbonyl (C=O) groups excluding carboxylic acids is 1. The van der Waals surface area contributed by atoms with Crippen molar-refractivity contribution < 1.29 is 4.79 Å². The minimum Gasteiger partial charge on any atom is -0.352 e. The summed E-state index contributed by atoms with van der Waals surface area (Å²) in [6.07, 6.45) is 4.82. The second-order valence-corrected chi connectivity index (χ2v) is 7.33. The van der Waals surface area contributed by atoms with E-state index in [1.165, 1.54) is 29.5 Å². The minimum atomic E-state index is -0.00660. The molecule has 0 spiro atoms. The van der Waals surface area contributed by atoms with E-state index >= 15 is 0 Å². The normalized spacial score (nSPS) is 23.6. The molecule has 134 valence electrons. The van der Waals surface area contributed by atoms with Crippen molar-refractivity contribution in [2.24, 2.45) is 0 Å². The summed E-state index contributed by atoms with van der Waals surface area (Å²) in [4.78, 5) is 12.1. The molecule has 0 saturated carbocycles. The Morgan fingerprint density at radius 1 is 0.923 bits per heavy atom. The Kier molecular flexibility index (Phi) is 4.89.